The van der Waals surface area contributed by atoms with Crippen molar-refractivity contribution in [3.05, 3.63) is 54.3 Å². The highest BCUT2D eigenvalue weighted by Crippen LogP contribution is 2.23. The van der Waals surface area contributed by atoms with Crippen molar-refractivity contribution in [3.8, 4) is 11.1 Å². The van der Waals surface area contributed by atoms with Crippen LogP contribution in [-0.4, -0.2) is 37.2 Å². The Kier molecular flexibility index (Phi) is 5.66. The van der Waals surface area contributed by atoms with Gasteiger partial charge in [0.05, 0.1) is 12.6 Å². The Bertz CT molecular complexity index is 716. The fourth-order valence-corrected chi connectivity index (χ4v) is 3.24. The van der Waals surface area contributed by atoms with E-state index in [1.54, 1.807) is 13.2 Å². The van der Waals surface area contributed by atoms with Gasteiger partial charge >= 0.3 is 6.03 Å². The molecule has 1 aliphatic rings. The number of amides is 2. The molecule has 3 rings (SSSR count). The minimum absolute atomic E-state index is 0.0970. The summed E-state index contributed by atoms with van der Waals surface area (Å²) in [7, 11) is 1.66. The fourth-order valence-electron chi connectivity index (χ4n) is 3.24. The van der Waals surface area contributed by atoms with Crippen molar-refractivity contribution >= 4 is 11.7 Å². The summed E-state index contributed by atoms with van der Waals surface area (Å²) in [5, 5.41) is 2.95. The molecule has 2 aromatic carbocycles. The number of carbonyl (C=O) groups excluding carboxylic acids is 1. The fraction of sp³-hybridized carbons (Fsp3) is 0.350. The number of methoxy groups -OCH3 is 1. The predicted molar refractivity (Wildman–Crippen MR) is 97.1 cm³/mol. The molecule has 0 saturated carbocycles. The van der Waals surface area contributed by atoms with E-state index in [1.165, 1.54) is 12.1 Å². The van der Waals surface area contributed by atoms with Crippen LogP contribution in [0.1, 0.15) is 19.3 Å². The van der Waals surface area contributed by atoms with Crippen molar-refractivity contribution in [2.24, 2.45) is 0 Å². The highest BCUT2D eigenvalue weighted by atomic mass is 19.1. The topological polar surface area (TPSA) is 41.6 Å². The summed E-state index contributed by atoms with van der Waals surface area (Å²) in [4.78, 5) is 14.4. The first-order valence-electron chi connectivity index (χ1n) is 8.60. The zero-order valence-corrected chi connectivity index (χ0v) is 14.4. The number of halogens is 1. The molecule has 1 heterocycles. The van der Waals surface area contributed by atoms with Crippen LogP contribution in [0.5, 0.6) is 0 Å². The number of likely N-dealkylation sites (tertiary alicyclic amines) is 1. The van der Waals surface area contributed by atoms with E-state index in [0.29, 0.717) is 6.61 Å². The summed E-state index contributed by atoms with van der Waals surface area (Å²) in [5.74, 6) is -0.260. The molecule has 25 heavy (non-hydrogen) atoms. The third-order valence-electron chi connectivity index (χ3n) is 4.54. The largest absolute Gasteiger partial charge is 0.383 e. The van der Waals surface area contributed by atoms with Crippen LogP contribution in [0.15, 0.2) is 48.5 Å². The average Bonchev–Trinajstić information content (AvgIpc) is 2.63. The van der Waals surface area contributed by atoms with Crippen LogP contribution in [0.2, 0.25) is 0 Å². The maximum Gasteiger partial charge on any atom is 0.322 e. The van der Waals surface area contributed by atoms with Gasteiger partial charge in [0.15, 0.2) is 0 Å². The van der Waals surface area contributed by atoms with Crippen molar-refractivity contribution < 1.29 is 13.9 Å². The third kappa shape index (κ3) is 4.37. The van der Waals surface area contributed by atoms with Crippen molar-refractivity contribution in [1.82, 2.24) is 4.90 Å². The number of anilines is 1. The molecular formula is C20H23FN2O2. The molecule has 1 saturated heterocycles. The van der Waals surface area contributed by atoms with E-state index in [9.17, 15) is 9.18 Å². The summed E-state index contributed by atoms with van der Waals surface area (Å²) >= 11 is 0. The van der Waals surface area contributed by atoms with E-state index in [-0.39, 0.29) is 17.9 Å². The number of urea groups is 1. The number of hydrogen-bond donors (Lipinski definition) is 1. The molecule has 0 unspecified atom stereocenters. The third-order valence-corrected chi connectivity index (χ3v) is 4.54. The van der Waals surface area contributed by atoms with Gasteiger partial charge in [-0.05, 0) is 54.7 Å². The maximum absolute atomic E-state index is 13.3. The van der Waals surface area contributed by atoms with Gasteiger partial charge in [-0.15, -0.1) is 0 Å². The van der Waals surface area contributed by atoms with Gasteiger partial charge in [0, 0.05) is 19.3 Å². The van der Waals surface area contributed by atoms with Gasteiger partial charge in [-0.1, -0.05) is 24.3 Å². The molecule has 0 radical (unpaired) electrons. The molecule has 2 aromatic rings. The molecule has 1 aliphatic heterocycles. The number of nitrogens with zero attached hydrogens (tertiary/aromatic N) is 1. The second-order valence-electron chi connectivity index (χ2n) is 6.32. The Morgan fingerprint density at radius 3 is 2.72 bits per heavy atom. The van der Waals surface area contributed by atoms with Gasteiger partial charge in [-0.25, -0.2) is 9.18 Å². The number of piperidine rings is 1. The normalized spacial score (nSPS) is 17.4. The van der Waals surface area contributed by atoms with E-state index in [1.807, 2.05) is 35.2 Å². The number of nitrogens with one attached hydrogen (secondary N) is 1. The molecular weight excluding hydrogens is 319 g/mol. The summed E-state index contributed by atoms with van der Waals surface area (Å²) in [6, 6.07) is 13.9. The van der Waals surface area contributed by atoms with Crippen LogP contribution in [0, 0.1) is 5.82 Å². The summed E-state index contributed by atoms with van der Waals surface area (Å²) in [6.07, 6.45) is 3.12. The van der Waals surface area contributed by atoms with Crippen LogP contribution < -0.4 is 5.32 Å². The molecule has 4 nitrogen and oxygen atoms in total. The number of ether oxygens (including phenoxy) is 1. The Hall–Kier alpha value is -2.40. The summed E-state index contributed by atoms with van der Waals surface area (Å²) < 4.78 is 18.6. The number of carbonyl (C=O) groups is 1. The minimum Gasteiger partial charge on any atom is -0.383 e. The number of benzene rings is 2. The quantitative estimate of drug-likeness (QED) is 0.887. The van der Waals surface area contributed by atoms with E-state index in [0.717, 1.165) is 42.6 Å². The SMILES string of the molecule is COC[C@@H]1CCCCN1C(=O)Nc1ccc(-c2cccc(F)c2)cc1. The monoisotopic (exact) mass is 342 g/mol. The molecule has 1 N–H and O–H groups in total. The lowest BCUT2D eigenvalue weighted by Gasteiger charge is -2.35. The molecule has 0 aliphatic carbocycles. The first kappa shape index (κ1) is 17.4. The van der Waals surface area contributed by atoms with Gasteiger partial charge in [0.2, 0.25) is 0 Å². The molecule has 2 amide bonds. The molecule has 132 valence electrons. The van der Waals surface area contributed by atoms with Crippen LogP contribution in [-0.2, 0) is 4.74 Å². The van der Waals surface area contributed by atoms with E-state index in [2.05, 4.69) is 5.32 Å². The van der Waals surface area contributed by atoms with Gasteiger partial charge in [-0.3, -0.25) is 0 Å². The lowest BCUT2D eigenvalue weighted by atomic mass is 10.0. The van der Waals surface area contributed by atoms with E-state index in [4.69, 9.17) is 4.74 Å². The van der Waals surface area contributed by atoms with E-state index >= 15 is 0 Å². The lowest BCUT2D eigenvalue weighted by Crippen LogP contribution is -2.47. The van der Waals surface area contributed by atoms with Gasteiger partial charge in [-0.2, -0.15) is 0 Å². The maximum atomic E-state index is 13.3. The van der Waals surface area contributed by atoms with Crippen LogP contribution in [0.25, 0.3) is 11.1 Å². The van der Waals surface area contributed by atoms with E-state index < -0.39 is 0 Å². The predicted octanol–water partition coefficient (Wildman–Crippen LogP) is 4.53. The second-order valence-corrected chi connectivity index (χ2v) is 6.32. The average molecular weight is 342 g/mol. The highest BCUT2D eigenvalue weighted by molar-refractivity contribution is 5.90. The molecule has 0 spiro atoms. The Morgan fingerprint density at radius 2 is 2.00 bits per heavy atom. The van der Waals surface area contributed by atoms with Crippen LogP contribution >= 0.6 is 0 Å². The lowest BCUT2D eigenvalue weighted by molar-refractivity contribution is 0.0878. The zero-order valence-electron chi connectivity index (χ0n) is 14.4. The molecule has 0 bridgehead atoms. The van der Waals surface area contributed by atoms with Crippen molar-refractivity contribution in [2.75, 3.05) is 25.6 Å². The Balaban J connectivity index is 1.67. The molecule has 1 fully saturated rings. The molecule has 0 aromatic heterocycles. The smallest absolute Gasteiger partial charge is 0.322 e. The number of rotatable bonds is 4. The van der Waals surface area contributed by atoms with Crippen LogP contribution in [0.3, 0.4) is 0 Å². The summed E-state index contributed by atoms with van der Waals surface area (Å²) in [5.41, 5.74) is 2.45. The van der Waals surface area contributed by atoms with Gasteiger partial charge in [0.25, 0.3) is 0 Å². The summed E-state index contributed by atoms with van der Waals surface area (Å²) in [6.45, 7) is 1.31. The van der Waals surface area contributed by atoms with Gasteiger partial charge in [0.1, 0.15) is 5.82 Å². The standard InChI is InChI=1S/C20H23FN2O2/c1-25-14-19-7-2-3-12-23(19)20(24)22-18-10-8-15(9-11-18)16-5-4-6-17(21)13-16/h4-6,8-11,13,19H,2-3,7,12,14H2,1H3,(H,22,24)/t19-/m0/s1. The minimum atomic E-state index is -0.260. The Morgan fingerprint density at radius 1 is 1.20 bits per heavy atom. The number of hydrogen-bond acceptors (Lipinski definition) is 2. The first-order chi connectivity index (χ1) is 12.2. The first-order valence-corrected chi connectivity index (χ1v) is 8.60. The van der Waals surface area contributed by atoms with Gasteiger partial charge < -0.3 is 15.0 Å². The molecule has 5 heteroatoms. The second kappa shape index (κ2) is 8.12. The van der Waals surface area contributed by atoms with Crippen molar-refractivity contribution in [2.45, 2.75) is 25.3 Å². The molecule has 1 atom stereocenters. The van der Waals surface area contributed by atoms with Crippen molar-refractivity contribution in [3.63, 3.8) is 0 Å². The van der Waals surface area contributed by atoms with Crippen LogP contribution in [0.4, 0.5) is 14.9 Å². The van der Waals surface area contributed by atoms with Crippen molar-refractivity contribution in [1.29, 1.82) is 0 Å². The highest BCUT2D eigenvalue weighted by Gasteiger charge is 2.26. The zero-order chi connectivity index (χ0) is 17.6. The Labute approximate surface area is 147 Å².